The Balaban J connectivity index is 2.26. The maximum Gasteiger partial charge on any atom is 0.0919 e. The highest BCUT2D eigenvalue weighted by molar-refractivity contribution is 5.02. The summed E-state index contributed by atoms with van der Waals surface area (Å²) in [6.07, 6.45) is 2.90. The zero-order valence-electron chi connectivity index (χ0n) is 8.13. The Kier molecular flexibility index (Phi) is 1.59. The third kappa shape index (κ3) is 1.01. The lowest BCUT2D eigenvalue weighted by molar-refractivity contribution is -0.273. The van der Waals surface area contributed by atoms with Crippen molar-refractivity contribution in [2.75, 3.05) is 0 Å². The standard InChI is InChI=1S/C10H18O2/c1-9(2)7-4-5-10(3,12-9)8(11)6-7/h7-8,11H,4-6H2,1-3H3/t7?,8-,10+/m1/s1. The smallest absolute Gasteiger partial charge is 0.0919 e. The summed E-state index contributed by atoms with van der Waals surface area (Å²) in [5.41, 5.74) is -0.287. The van der Waals surface area contributed by atoms with E-state index in [9.17, 15) is 5.11 Å². The Labute approximate surface area is 73.9 Å². The lowest BCUT2D eigenvalue weighted by atomic mass is 9.67. The van der Waals surface area contributed by atoms with Crippen LogP contribution < -0.4 is 0 Å². The minimum Gasteiger partial charge on any atom is -0.390 e. The molecule has 3 fully saturated rings. The third-order valence-corrected chi connectivity index (χ3v) is 3.68. The lowest BCUT2D eigenvalue weighted by Gasteiger charge is -2.56. The van der Waals surface area contributed by atoms with Gasteiger partial charge in [-0.2, -0.15) is 0 Å². The molecule has 3 rings (SSSR count). The second-order valence-electron chi connectivity index (χ2n) is 5.01. The van der Waals surface area contributed by atoms with Crippen molar-refractivity contribution >= 4 is 0 Å². The van der Waals surface area contributed by atoms with Crippen molar-refractivity contribution in [1.82, 2.24) is 0 Å². The van der Waals surface area contributed by atoms with Crippen LogP contribution in [-0.2, 0) is 4.74 Å². The van der Waals surface area contributed by atoms with Crippen LogP contribution in [0.2, 0.25) is 0 Å². The Morgan fingerprint density at radius 3 is 2.33 bits per heavy atom. The number of fused-ring (bicyclic) bond motifs is 3. The number of rotatable bonds is 0. The van der Waals surface area contributed by atoms with Crippen LogP contribution >= 0.6 is 0 Å². The molecule has 0 aromatic heterocycles. The summed E-state index contributed by atoms with van der Waals surface area (Å²) in [7, 11) is 0. The molecule has 3 atom stereocenters. The van der Waals surface area contributed by atoms with Crippen molar-refractivity contribution in [3.63, 3.8) is 0 Å². The van der Waals surface area contributed by atoms with Crippen LogP contribution in [0.15, 0.2) is 0 Å². The van der Waals surface area contributed by atoms with Crippen LogP contribution in [0.5, 0.6) is 0 Å². The molecule has 2 bridgehead atoms. The quantitative estimate of drug-likeness (QED) is 0.599. The van der Waals surface area contributed by atoms with Crippen molar-refractivity contribution in [2.45, 2.75) is 57.3 Å². The second-order valence-corrected chi connectivity index (χ2v) is 5.01. The van der Waals surface area contributed by atoms with Crippen LogP contribution in [0.25, 0.3) is 0 Å². The summed E-state index contributed by atoms with van der Waals surface area (Å²) in [4.78, 5) is 0. The van der Waals surface area contributed by atoms with Crippen molar-refractivity contribution in [3.8, 4) is 0 Å². The van der Waals surface area contributed by atoms with Gasteiger partial charge < -0.3 is 9.84 Å². The average molecular weight is 170 g/mol. The predicted molar refractivity (Wildman–Crippen MR) is 46.9 cm³/mol. The first-order valence-electron chi connectivity index (χ1n) is 4.82. The summed E-state index contributed by atoms with van der Waals surface area (Å²) >= 11 is 0. The van der Waals surface area contributed by atoms with Gasteiger partial charge in [-0.05, 0) is 46.0 Å². The summed E-state index contributed by atoms with van der Waals surface area (Å²) in [6.45, 7) is 6.32. The second kappa shape index (κ2) is 2.24. The fourth-order valence-electron chi connectivity index (χ4n) is 2.70. The van der Waals surface area contributed by atoms with E-state index in [2.05, 4.69) is 13.8 Å². The van der Waals surface area contributed by atoms with E-state index in [0.717, 1.165) is 12.8 Å². The van der Waals surface area contributed by atoms with Crippen LogP contribution in [-0.4, -0.2) is 22.4 Å². The van der Waals surface area contributed by atoms with Gasteiger partial charge in [0, 0.05) is 0 Å². The molecule has 0 radical (unpaired) electrons. The molecule has 1 aliphatic carbocycles. The first-order chi connectivity index (χ1) is 5.44. The first kappa shape index (κ1) is 8.52. The van der Waals surface area contributed by atoms with Crippen molar-refractivity contribution in [2.24, 2.45) is 5.92 Å². The molecular weight excluding hydrogens is 152 g/mol. The van der Waals surface area contributed by atoms with E-state index in [-0.39, 0.29) is 17.3 Å². The number of aliphatic hydroxyl groups is 1. The fraction of sp³-hybridized carbons (Fsp3) is 1.00. The molecule has 70 valence electrons. The van der Waals surface area contributed by atoms with E-state index >= 15 is 0 Å². The average Bonchev–Trinajstić information content (AvgIpc) is 1.91. The SMILES string of the molecule is CC1(C)O[C@@]2(C)CCC1C[C@H]2O. The summed E-state index contributed by atoms with van der Waals surface area (Å²) in [5, 5.41) is 9.77. The molecule has 1 saturated carbocycles. The van der Waals surface area contributed by atoms with Gasteiger partial charge in [0.15, 0.2) is 0 Å². The van der Waals surface area contributed by atoms with Crippen LogP contribution in [0.4, 0.5) is 0 Å². The molecule has 1 N–H and O–H groups in total. The zero-order valence-corrected chi connectivity index (χ0v) is 8.13. The molecule has 12 heavy (non-hydrogen) atoms. The van der Waals surface area contributed by atoms with E-state index in [4.69, 9.17) is 4.74 Å². The molecule has 2 heterocycles. The molecule has 2 heteroatoms. The largest absolute Gasteiger partial charge is 0.390 e. The van der Waals surface area contributed by atoms with Crippen molar-refractivity contribution in [1.29, 1.82) is 0 Å². The maximum absolute atomic E-state index is 9.77. The van der Waals surface area contributed by atoms with Gasteiger partial charge in [0.1, 0.15) is 0 Å². The van der Waals surface area contributed by atoms with Crippen LogP contribution in [0, 0.1) is 5.92 Å². The molecular formula is C10H18O2. The summed E-state index contributed by atoms with van der Waals surface area (Å²) < 4.78 is 5.92. The molecule has 2 nitrogen and oxygen atoms in total. The Bertz CT molecular complexity index is 200. The van der Waals surface area contributed by atoms with E-state index < -0.39 is 0 Å². The van der Waals surface area contributed by atoms with Gasteiger partial charge in [-0.15, -0.1) is 0 Å². The van der Waals surface area contributed by atoms with Gasteiger partial charge in [-0.25, -0.2) is 0 Å². The number of aliphatic hydroxyl groups excluding tert-OH is 1. The molecule has 0 spiro atoms. The fourth-order valence-corrected chi connectivity index (χ4v) is 2.70. The Morgan fingerprint density at radius 2 is 2.00 bits per heavy atom. The van der Waals surface area contributed by atoms with E-state index in [1.54, 1.807) is 0 Å². The maximum atomic E-state index is 9.77. The van der Waals surface area contributed by atoms with Gasteiger partial charge in [-0.3, -0.25) is 0 Å². The van der Waals surface area contributed by atoms with Gasteiger partial charge >= 0.3 is 0 Å². The Morgan fingerprint density at radius 1 is 1.33 bits per heavy atom. The third-order valence-electron chi connectivity index (χ3n) is 3.68. The molecule has 0 amide bonds. The molecule has 3 aliphatic rings. The minimum atomic E-state index is -0.266. The van der Waals surface area contributed by atoms with Gasteiger partial charge in [0.05, 0.1) is 17.3 Å². The molecule has 2 aliphatic heterocycles. The topological polar surface area (TPSA) is 29.5 Å². The van der Waals surface area contributed by atoms with Crippen LogP contribution in [0.1, 0.15) is 40.0 Å². The van der Waals surface area contributed by atoms with E-state index in [1.165, 1.54) is 6.42 Å². The highest BCUT2D eigenvalue weighted by atomic mass is 16.5. The van der Waals surface area contributed by atoms with Crippen molar-refractivity contribution < 1.29 is 9.84 Å². The highest BCUT2D eigenvalue weighted by Crippen LogP contribution is 2.49. The van der Waals surface area contributed by atoms with Crippen LogP contribution in [0.3, 0.4) is 0 Å². The lowest BCUT2D eigenvalue weighted by Crippen LogP contribution is -2.61. The van der Waals surface area contributed by atoms with Gasteiger partial charge in [0.2, 0.25) is 0 Å². The molecule has 0 aromatic carbocycles. The van der Waals surface area contributed by atoms with E-state index in [0.29, 0.717) is 5.92 Å². The molecule has 2 saturated heterocycles. The highest BCUT2D eigenvalue weighted by Gasteiger charge is 2.53. The molecule has 0 aromatic rings. The van der Waals surface area contributed by atoms with E-state index in [1.807, 2.05) is 6.92 Å². The van der Waals surface area contributed by atoms with Gasteiger partial charge in [-0.1, -0.05) is 0 Å². The van der Waals surface area contributed by atoms with Crippen molar-refractivity contribution in [3.05, 3.63) is 0 Å². The minimum absolute atomic E-state index is 0.0216. The normalized spacial score (nSPS) is 51.0. The summed E-state index contributed by atoms with van der Waals surface area (Å²) in [5.74, 6) is 0.550. The monoisotopic (exact) mass is 170 g/mol. The first-order valence-corrected chi connectivity index (χ1v) is 4.82. The molecule has 1 unspecified atom stereocenters. The summed E-state index contributed by atoms with van der Waals surface area (Å²) in [6, 6.07) is 0. The Hall–Kier alpha value is -0.0800. The zero-order chi connectivity index (χ0) is 8.98. The predicted octanol–water partition coefficient (Wildman–Crippen LogP) is 1.71. The number of ether oxygens (including phenoxy) is 1. The van der Waals surface area contributed by atoms with Gasteiger partial charge in [0.25, 0.3) is 0 Å². The number of hydrogen-bond donors (Lipinski definition) is 1. The number of hydrogen-bond acceptors (Lipinski definition) is 2.